The first kappa shape index (κ1) is 8.82. The second-order valence-corrected chi connectivity index (χ2v) is 0.183. The number of hydrogen-bond donors (Lipinski definition) is 1. The average Bonchev–Trinajstić information content (AvgIpc) is 0.918. The zero-order chi connectivity index (χ0) is 2.71. The topological polar surface area (TPSA) is 29.5 Å². The van der Waals surface area contributed by atoms with Gasteiger partial charge in [0.1, 0.15) is 0 Å². The van der Waals surface area contributed by atoms with Gasteiger partial charge in [0.15, 0.2) is 0 Å². The largest absolute Gasteiger partial charge is 0.252 e. The van der Waals surface area contributed by atoms with Crippen LogP contribution in [0.25, 0.3) is 0 Å². The minimum Gasteiger partial charge on any atom is -0.252 e. The summed E-state index contributed by atoms with van der Waals surface area (Å²) >= 11 is 0. The van der Waals surface area contributed by atoms with Gasteiger partial charge >= 0.3 is 0 Å². The van der Waals surface area contributed by atoms with Crippen molar-refractivity contribution in [2.75, 3.05) is 7.11 Å². The molecule has 2 nitrogen and oxygen atoms in total. The molecule has 0 atom stereocenters. The fourth-order valence-corrected chi connectivity index (χ4v) is 0. The van der Waals surface area contributed by atoms with Crippen LogP contribution in [0.3, 0.4) is 0 Å². The smallest absolute Gasteiger partial charge is 0.0710 e. The van der Waals surface area contributed by atoms with E-state index in [9.17, 15) is 0 Å². The van der Waals surface area contributed by atoms with Crippen LogP contribution in [0.15, 0.2) is 0 Å². The normalized spacial score (nSPS) is 4.50. The Labute approximate surface area is 37.5 Å². The number of hydrogen-bond acceptors (Lipinski definition) is 2. The molecule has 0 aromatic heterocycles. The first-order valence-electron chi connectivity index (χ1n) is 0.591. The second-order valence-electron chi connectivity index (χ2n) is 0.183. The quantitative estimate of drug-likeness (QED) is 0.274. The second kappa shape index (κ2) is 9.62. The molecule has 1 N–H and O–H groups in total. The SMILES string of the molecule is COO.[Zn]. The molecular formula is CH4O2Zn. The van der Waals surface area contributed by atoms with Crippen LogP contribution in [0.5, 0.6) is 0 Å². The first-order valence-corrected chi connectivity index (χ1v) is 0.591. The molecule has 0 saturated carbocycles. The fourth-order valence-electron chi connectivity index (χ4n) is 0. The molecule has 0 heterocycles. The molecule has 0 bridgehead atoms. The summed E-state index contributed by atoms with van der Waals surface area (Å²) < 4.78 is 0. The summed E-state index contributed by atoms with van der Waals surface area (Å²) in [6.45, 7) is 0. The van der Waals surface area contributed by atoms with Crippen molar-refractivity contribution in [3.8, 4) is 0 Å². The summed E-state index contributed by atoms with van der Waals surface area (Å²) in [6, 6.07) is 0. The van der Waals surface area contributed by atoms with E-state index >= 15 is 0 Å². The monoisotopic (exact) mass is 112 g/mol. The minimum atomic E-state index is 0. The zero-order valence-electron chi connectivity index (χ0n) is 2.56. The molecule has 0 aromatic rings. The number of rotatable bonds is 0. The molecule has 3 heteroatoms. The standard InChI is InChI=1S/CH4O2.Zn/c1-3-2;/h2H,1H3;. The third kappa shape index (κ3) is 20.5. The fraction of sp³-hybridized carbons (Fsp3) is 1.00. The minimum absolute atomic E-state index is 0. The van der Waals surface area contributed by atoms with Gasteiger partial charge in [0, 0.05) is 19.5 Å². The summed E-state index contributed by atoms with van der Waals surface area (Å²) in [5.41, 5.74) is 0. The summed E-state index contributed by atoms with van der Waals surface area (Å²) in [7, 11) is 1.18. The van der Waals surface area contributed by atoms with Crippen molar-refractivity contribution in [1.29, 1.82) is 0 Å². The van der Waals surface area contributed by atoms with Crippen molar-refractivity contribution in [2.24, 2.45) is 0 Å². The van der Waals surface area contributed by atoms with Gasteiger partial charge in [-0.25, -0.2) is 4.89 Å². The Kier molecular flexibility index (Phi) is 21.2. The van der Waals surface area contributed by atoms with Crippen LogP contribution in [-0.4, -0.2) is 12.4 Å². The zero-order valence-corrected chi connectivity index (χ0v) is 5.53. The average molecular weight is 113 g/mol. The van der Waals surface area contributed by atoms with E-state index in [1.807, 2.05) is 0 Å². The molecular weight excluding hydrogens is 109 g/mol. The first-order chi connectivity index (χ1) is 1.41. The molecule has 22 valence electrons. The third-order valence-corrected chi connectivity index (χ3v) is 0. The van der Waals surface area contributed by atoms with Crippen molar-refractivity contribution >= 4 is 0 Å². The van der Waals surface area contributed by atoms with Gasteiger partial charge in [-0.2, -0.15) is 0 Å². The van der Waals surface area contributed by atoms with Gasteiger partial charge in [0.05, 0.1) is 7.11 Å². The maximum atomic E-state index is 7.07. The Hall–Kier alpha value is 0.543. The van der Waals surface area contributed by atoms with Crippen molar-refractivity contribution in [3.63, 3.8) is 0 Å². The Bertz CT molecular complexity index is 6.00. The summed E-state index contributed by atoms with van der Waals surface area (Å²) in [5.74, 6) is 0. The molecule has 0 aliphatic heterocycles. The molecule has 0 fully saturated rings. The van der Waals surface area contributed by atoms with E-state index < -0.39 is 0 Å². The van der Waals surface area contributed by atoms with Gasteiger partial charge in [0.2, 0.25) is 0 Å². The van der Waals surface area contributed by atoms with Crippen molar-refractivity contribution in [3.05, 3.63) is 0 Å². The summed E-state index contributed by atoms with van der Waals surface area (Å²) in [5, 5.41) is 7.07. The Balaban J connectivity index is 0. The predicted molar refractivity (Wildman–Crippen MR) is 9.64 cm³/mol. The van der Waals surface area contributed by atoms with E-state index in [-0.39, 0.29) is 19.5 Å². The van der Waals surface area contributed by atoms with E-state index in [4.69, 9.17) is 5.26 Å². The molecule has 4 heavy (non-hydrogen) atoms. The van der Waals surface area contributed by atoms with Gasteiger partial charge in [-0.05, 0) is 0 Å². The van der Waals surface area contributed by atoms with Gasteiger partial charge in [-0.1, -0.05) is 0 Å². The maximum absolute atomic E-state index is 7.07. The molecule has 0 unspecified atom stereocenters. The molecule has 0 saturated heterocycles. The van der Waals surface area contributed by atoms with Crippen LogP contribution in [0, 0.1) is 0 Å². The van der Waals surface area contributed by atoms with Gasteiger partial charge in [-0.15, -0.1) is 0 Å². The van der Waals surface area contributed by atoms with Gasteiger partial charge in [0.25, 0.3) is 0 Å². The van der Waals surface area contributed by atoms with Crippen LogP contribution in [-0.2, 0) is 24.4 Å². The molecule has 0 radical (unpaired) electrons. The van der Waals surface area contributed by atoms with E-state index in [0.29, 0.717) is 0 Å². The van der Waals surface area contributed by atoms with E-state index in [2.05, 4.69) is 4.89 Å². The molecule has 0 amide bonds. The van der Waals surface area contributed by atoms with Crippen LogP contribution >= 0.6 is 0 Å². The van der Waals surface area contributed by atoms with Crippen molar-refractivity contribution in [1.82, 2.24) is 0 Å². The van der Waals surface area contributed by atoms with Crippen LogP contribution in [0.4, 0.5) is 0 Å². The Morgan fingerprint density at radius 1 is 1.75 bits per heavy atom. The van der Waals surface area contributed by atoms with E-state index in [1.54, 1.807) is 0 Å². The van der Waals surface area contributed by atoms with Crippen LogP contribution in [0.1, 0.15) is 0 Å². The van der Waals surface area contributed by atoms with Crippen molar-refractivity contribution < 1.29 is 29.6 Å². The van der Waals surface area contributed by atoms with Crippen molar-refractivity contribution in [2.45, 2.75) is 0 Å². The summed E-state index contributed by atoms with van der Waals surface area (Å²) in [6.07, 6.45) is 0. The molecule has 0 aliphatic carbocycles. The molecule has 0 aromatic carbocycles. The Morgan fingerprint density at radius 3 is 1.75 bits per heavy atom. The van der Waals surface area contributed by atoms with Gasteiger partial charge < -0.3 is 0 Å². The molecule has 0 aliphatic rings. The maximum Gasteiger partial charge on any atom is 0.0710 e. The third-order valence-electron chi connectivity index (χ3n) is 0. The molecule has 0 rings (SSSR count). The van der Waals surface area contributed by atoms with E-state index in [1.165, 1.54) is 7.11 Å². The van der Waals surface area contributed by atoms with Crippen LogP contribution < -0.4 is 0 Å². The predicted octanol–water partition coefficient (Wildman–Crippen LogP) is 0.103. The molecule has 0 spiro atoms. The van der Waals surface area contributed by atoms with Crippen LogP contribution in [0.2, 0.25) is 0 Å². The Morgan fingerprint density at radius 2 is 1.75 bits per heavy atom. The van der Waals surface area contributed by atoms with Gasteiger partial charge in [-0.3, -0.25) is 5.26 Å². The summed E-state index contributed by atoms with van der Waals surface area (Å²) in [4.78, 5) is 3.25. The van der Waals surface area contributed by atoms with E-state index in [0.717, 1.165) is 0 Å².